The highest BCUT2D eigenvalue weighted by atomic mass is 16.3. The Morgan fingerprint density at radius 1 is 1.37 bits per heavy atom. The first-order valence-electron chi connectivity index (χ1n) is 7.90. The van der Waals surface area contributed by atoms with Gasteiger partial charge in [-0.3, -0.25) is 4.90 Å². The van der Waals surface area contributed by atoms with Gasteiger partial charge in [-0.15, -0.1) is 0 Å². The predicted octanol–water partition coefficient (Wildman–Crippen LogP) is 3.19. The molecule has 1 fully saturated rings. The van der Waals surface area contributed by atoms with E-state index in [0.29, 0.717) is 12.1 Å². The van der Waals surface area contributed by atoms with E-state index in [9.17, 15) is 5.26 Å². The maximum atomic E-state index is 9.41. The summed E-state index contributed by atoms with van der Waals surface area (Å²) in [5.41, 5.74) is 0. The van der Waals surface area contributed by atoms with Crippen LogP contribution in [-0.4, -0.2) is 35.2 Å². The molecule has 1 aliphatic rings. The molecular weight excluding hydrogens is 236 g/mol. The van der Waals surface area contributed by atoms with Crippen LogP contribution in [0.5, 0.6) is 0 Å². The average Bonchev–Trinajstić information content (AvgIpc) is 2.39. The van der Waals surface area contributed by atoms with Crippen molar-refractivity contribution in [3.63, 3.8) is 0 Å². The van der Waals surface area contributed by atoms with Crippen molar-refractivity contribution in [3.05, 3.63) is 0 Å². The summed E-state index contributed by atoms with van der Waals surface area (Å²) in [4.78, 5) is 2.45. The summed E-state index contributed by atoms with van der Waals surface area (Å²) in [6.45, 7) is 7.81. The van der Waals surface area contributed by atoms with Crippen LogP contribution in [-0.2, 0) is 0 Å². The standard InChI is InChI=1S/C16H30N2O/c1-4-6-14-7-8-15(12-17)16(11-14)18(13(2)3)9-5-10-19/h13-16,19H,4-11H2,1-3H3. The van der Waals surface area contributed by atoms with E-state index in [1.54, 1.807) is 0 Å². The van der Waals surface area contributed by atoms with Gasteiger partial charge in [0.05, 0.1) is 12.0 Å². The van der Waals surface area contributed by atoms with E-state index >= 15 is 0 Å². The number of aliphatic hydroxyl groups excluding tert-OH is 1. The summed E-state index contributed by atoms with van der Waals surface area (Å²) in [5, 5.41) is 18.5. The maximum Gasteiger partial charge on any atom is 0.0672 e. The molecule has 0 radical (unpaired) electrons. The van der Waals surface area contributed by atoms with Gasteiger partial charge < -0.3 is 5.11 Å². The Bertz CT molecular complexity index is 285. The van der Waals surface area contributed by atoms with E-state index in [2.05, 4.69) is 31.7 Å². The van der Waals surface area contributed by atoms with Crippen LogP contribution < -0.4 is 0 Å². The molecule has 0 saturated heterocycles. The predicted molar refractivity (Wildman–Crippen MR) is 78.7 cm³/mol. The monoisotopic (exact) mass is 266 g/mol. The first-order chi connectivity index (χ1) is 9.13. The fraction of sp³-hybridized carbons (Fsp3) is 0.938. The van der Waals surface area contributed by atoms with Gasteiger partial charge in [0.2, 0.25) is 0 Å². The number of nitrogens with zero attached hydrogens (tertiary/aromatic N) is 2. The molecule has 3 heteroatoms. The molecule has 1 rings (SSSR count). The van der Waals surface area contributed by atoms with E-state index in [4.69, 9.17) is 5.11 Å². The second-order valence-electron chi connectivity index (χ2n) is 6.18. The van der Waals surface area contributed by atoms with Crippen molar-refractivity contribution in [2.45, 2.75) is 71.4 Å². The van der Waals surface area contributed by atoms with Crippen molar-refractivity contribution in [3.8, 4) is 6.07 Å². The molecule has 0 aliphatic heterocycles. The molecule has 0 aromatic carbocycles. The van der Waals surface area contributed by atoms with E-state index in [-0.39, 0.29) is 12.5 Å². The zero-order valence-electron chi connectivity index (χ0n) is 12.8. The summed E-state index contributed by atoms with van der Waals surface area (Å²) in [7, 11) is 0. The van der Waals surface area contributed by atoms with Crippen LogP contribution in [0.15, 0.2) is 0 Å². The molecule has 0 heterocycles. The Kier molecular flexibility index (Phi) is 7.41. The fourth-order valence-corrected chi connectivity index (χ4v) is 3.48. The molecule has 0 bridgehead atoms. The minimum Gasteiger partial charge on any atom is -0.396 e. The Labute approximate surface area is 118 Å². The zero-order valence-corrected chi connectivity index (χ0v) is 12.8. The van der Waals surface area contributed by atoms with Crippen molar-refractivity contribution >= 4 is 0 Å². The van der Waals surface area contributed by atoms with Gasteiger partial charge in [-0.2, -0.15) is 5.26 Å². The number of aliphatic hydroxyl groups is 1. The van der Waals surface area contributed by atoms with Gasteiger partial charge in [0.15, 0.2) is 0 Å². The highest BCUT2D eigenvalue weighted by Crippen LogP contribution is 2.35. The quantitative estimate of drug-likeness (QED) is 0.770. The zero-order chi connectivity index (χ0) is 14.3. The molecule has 0 aromatic rings. The molecule has 0 aromatic heterocycles. The lowest BCUT2D eigenvalue weighted by atomic mass is 9.76. The third kappa shape index (κ3) is 4.78. The number of hydrogen-bond donors (Lipinski definition) is 1. The molecule has 3 nitrogen and oxygen atoms in total. The number of rotatable bonds is 7. The topological polar surface area (TPSA) is 47.3 Å². The summed E-state index contributed by atoms with van der Waals surface area (Å²) in [6, 6.07) is 3.37. The molecular formula is C16H30N2O. The van der Waals surface area contributed by atoms with Crippen LogP contribution in [0.2, 0.25) is 0 Å². The Morgan fingerprint density at radius 2 is 2.11 bits per heavy atom. The lowest BCUT2D eigenvalue weighted by Gasteiger charge is -2.42. The van der Waals surface area contributed by atoms with Gasteiger partial charge >= 0.3 is 0 Å². The van der Waals surface area contributed by atoms with Crippen LogP contribution in [0.4, 0.5) is 0 Å². The Morgan fingerprint density at radius 3 is 2.63 bits per heavy atom. The first kappa shape index (κ1) is 16.5. The van der Waals surface area contributed by atoms with Gasteiger partial charge in [-0.05, 0) is 45.4 Å². The largest absolute Gasteiger partial charge is 0.396 e. The Hall–Kier alpha value is -0.590. The Balaban J connectivity index is 2.73. The summed E-state index contributed by atoms with van der Waals surface area (Å²) < 4.78 is 0. The van der Waals surface area contributed by atoms with E-state index in [0.717, 1.165) is 31.7 Å². The fourth-order valence-electron chi connectivity index (χ4n) is 3.48. The van der Waals surface area contributed by atoms with Gasteiger partial charge in [0.1, 0.15) is 0 Å². The number of hydrogen-bond acceptors (Lipinski definition) is 3. The molecule has 3 atom stereocenters. The summed E-state index contributed by atoms with van der Waals surface area (Å²) >= 11 is 0. The van der Waals surface area contributed by atoms with Gasteiger partial charge in [0.25, 0.3) is 0 Å². The minimum absolute atomic E-state index is 0.175. The van der Waals surface area contributed by atoms with Crippen molar-refractivity contribution in [2.24, 2.45) is 11.8 Å². The minimum atomic E-state index is 0.175. The molecule has 0 spiro atoms. The highest BCUT2D eigenvalue weighted by molar-refractivity contribution is 4.98. The van der Waals surface area contributed by atoms with E-state index in [1.165, 1.54) is 19.3 Å². The van der Waals surface area contributed by atoms with Crippen molar-refractivity contribution in [1.82, 2.24) is 4.90 Å². The van der Waals surface area contributed by atoms with Gasteiger partial charge in [-0.1, -0.05) is 19.8 Å². The van der Waals surface area contributed by atoms with Crippen LogP contribution >= 0.6 is 0 Å². The first-order valence-corrected chi connectivity index (χ1v) is 7.90. The lowest BCUT2D eigenvalue weighted by molar-refractivity contribution is 0.0659. The third-order valence-corrected chi connectivity index (χ3v) is 4.45. The van der Waals surface area contributed by atoms with Crippen LogP contribution in [0.3, 0.4) is 0 Å². The highest BCUT2D eigenvalue weighted by Gasteiger charge is 2.34. The van der Waals surface area contributed by atoms with Crippen molar-refractivity contribution < 1.29 is 5.11 Å². The average molecular weight is 266 g/mol. The molecule has 1 N–H and O–H groups in total. The van der Waals surface area contributed by atoms with Crippen molar-refractivity contribution in [2.75, 3.05) is 13.2 Å². The van der Waals surface area contributed by atoms with Gasteiger partial charge in [-0.25, -0.2) is 0 Å². The van der Waals surface area contributed by atoms with E-state index in [1.807, 2.05) is 0 Å². The normalized spacial score (nSPS) is 27.7. The maximum absolute atomic E-state index is 9.41. The summed E-state index contributed by atoms with van der Waals surface area (Å²) in [5.74, 6) is 0.962. The van der Waals surface area contributed by atoms with E-state index < -0.39 is 0 Å². The second-order valence-corrected chi connectivity index (χ2v) is 6.18. The molecule has 0 amide bonds. The molecule has 110 valence electrons. The van der Waals surface area contributed by atoms with Crippen LogP contribution in [0.25, 0.3) is 0 Å². The molecule has 3 unspecified atom stereocenters. The van der Waals surface area contributed by atoms with Gasteiger partial charge in [0, 0.05) is 25.2 Å². The molecule has 1 aliphatic carbocycles. The lowest BCUT2D eigenvalue weighted by Crippen LogP contribution is -2.48. The smallest absolute Gasteiger partial charge is 0.0672 e. The van der Waals surface area contributed by atoms with Crippen LogP contribution in [0, 0.1) is 23.2 Å². The third-order valence-electron chi connectivity index (χ3n) is 4.45. The second kappa shape index (κ2) is 8.55. The number of nitriles is 1. The van der Waals surface area contributed by atoms with Crippen LogP contribution in [0.1, 0.15) is 59.3 Å². The SMILES string of the molecule is CCCC1CCC(C#N)C(N(CCCO)C(C)C)C1. The van der Waals surface area contributed by atoms with Crippen molar-refractivity contribution in [1.29, 1.82) is 5.26 Å². The summed E-state index contributed by atoms with van der Waals surface area (Å²) in [6.07, 6.45) is 6.77. The molecule has 1 saturated carbocycles. The molecule has 19 heavy (non-hydrogen) atoms.